The number of hydrogen-bond acceptors (Lipinski definition) is 3. The molecule has 0 radical (unpaired) electrons. The minimum absolute atomic E-state index is 0. The van der Waals surface area contributed by atoms with Gasteiger partial charge in [-0.15, -0.1) is 12.4 Å². The third-order valence-corrected chi connectivity index (χ3v) is 2.00. The van der Waals surface area contributed by atoms with Crippen molar-refractivity contribution in [2.45, 2.75) is 12.3 Å². The summed E-state index contributed by atoms with van der Waals surface area (Å²) in [5.74, 6) is -0.370. The van der Waals surface area contributed by atoms with E-state index in [9.17, 15) is 4.79 Å². The van der Waals surface area contributed by atoms with Gasteiger partial charge in [-0.2, -0.15) is 0 Å². The van der Waals surface area contributed by atoms with E-state index in [2.05, 4.69) is 20.9 Å². The lowest BCUT2D eigenvalue weighted by atomic mass is 10.3. The number of esters is 1. The molecule has 1 heterocycles. The van der Waals surface area contributed by atoms with Crippen LogP contribution in [-0.2, 0) is 10.1 Å². The molecule has 78 valence electrons. The van der Waals surface area contributed by atoms with Crippen LogP contribution in [0.4, 0.5) is 0 Å². The number of pyridine rings is 1. The monoisotopic (exact) mass is 279 g/mol. The average molecular weight is 281 g/mol. The Kier molecular flexibility index (Phi) is 6.49. The number of nitrogens with zero attached hydrogens (tertiary/aromatic N) is 1. The van der Waals surface area contributed by atoms with E-state index >= 15 is 0 Å². The normalized spacial score (nSPS) is 9.00. The van der Waals surface area contributed by atoms with Gasteiger partial charge in [-0.3, -0.25) is 0 Å². The van der Waals surface area contributed by atoms with Gasteiger partial charge in [0.25, 0.3) is 0 Å². The summed E-state index contributed by atoms with van der Waals surface area (Å²) in [5.41, 5.74) is 1.18. The second kappa shape index (κ2) is 6.79. The zero-order chi connectivity index (χ0) is 9.68. The first-order valence-electron chi connectivity index (χ1n) is 3.97. The highest BCUT2D eigenvalue weighted by Crippen LogP contribution is 2.04. The van der Waals surface area contributed by atoms with Crippen LogP contribution in [0.2, 0.25) is 0 Å². The third-order valence-electron chi connectivity index (χ3n) is 1.43. The first kappa shape index (κ1) is 13.4. The fourth-order valence-corrected chi connectivity index (χ4v) is 1.19. The van der Waals surface area contributed by atoms with Gasteiger partial charge in [-0.1, -0.05) is 22.0 Å². The zero-order valence-electron chi connectivity index (χ0n) is 7.70. The van der Waals surface area contributed by atoms with Crippen LogP contribution < -0.4 is 0 Å². The predicted octanol–water partition coefficient (Wildman–Crippen LogP) is 2.58. The Morgan fingerprint density at radius 1 is 1.57 bits per heavy atom. The van der Waals surface area contributed by atoms with Crippen molar-refractivity contribution in [2.24, 2.45) is 0 Å². The maximum Gasteiger partial charge on any atom is 0.356 e. The van der Waals surface area contributed by atoms with E-state index in [1.807, 2.05) is 6.07 Å². The molecule has 3 nitrogen and oxygen atoms in total. The SMILES string of the molecule is CCOC(=O)c1cccc(CBr)n1.Cl. The molecule has 0 aromatic carbocycles. The maximum atomic E-state index is 11.2. The number of alkyl halides is 1. The molecule has 0 spiro atoms. The van der Waals surface area contributed by atoms with Crippen LogP contribution in [0.5, 0.6) is 0 Å². The van der Waals surface area contributed by atoms with Crippen LogP contribution in [0, 0.1) is 0 Å². The van der Waals surface area contributed by atoms with Gasteiger partial charge in [0, 0.05) is 5.33 Å². The second-order valence-corrected chi connectivity index (χ2v) is 2.93. The van der Waals surface area contributed by atoms with Crippen LogP contribution in [0.15, 0.2) is 18.2 Å². The topological polar surface area (TPSA) is 39.2 Å². The lowest BCUT2D eigenvalue weighted by Gasteiger charge is -2.01. The molecule has 0 saturated carbocycles. The fourth-order valence-electron chi connectivity index (χ4n) is 0.873. The number of carbonyl (C=O) groups excluding carboxylic acids is 1. The van der Waals surface area contributed by atoms with E-state index < -0.39 is 0 Å². The van der Waals surface area contributed by atoms with Gasteiger partial charge in [-0.25, -0.2) is 9.78 Å². The highest BCUT2D eigenvalue weighted by molar-refractivity contribution is 9.08. The van der Waals surface area contributed by atoms with Crippen LogP contribution in [0.25, 0.3) is 0 Å². The summed E-state index contributed by atoms with van der Waals surface area (Å²) in [6.07, 6.45) is 0. The molecule has 0 aliphatic rings. The van der Waals surface area contributed by atoms with Gasteiger partial charge in [0.15, 0.2) is 0 Å². The smallest absolute Gasteiger partial charge is 0.356 e. The Labute approximate surface area is 97.4 Å². The Balaban J connectivity index is 0.00000169. The first-order valence-corrected chi connectivity index (χ1v) is 5.09. The molecule has 1 aromatic rings. The van der Waals surface area contributed by atoms with Crippen molar-refractivity contribution < 1.29 is 9.53 Å². The number of ether oxygens (including phenoxy) is 1. The summed E-state index contributed by atoms with van der Waals surface area (Å²) in [4.78, 5) is 15.3. The van der Waals surface area contributed by atoms with Crippen molar-refractivity contribution >= 4 is 34.3 Å². The number of rotatable bonds is 3. The Morgan fingerprint density at radius 2 is 2.29 bits per heavy atom. The van der Waals surface area contributed by atoms with E-state index in [0.29, 0.717) is 17.6 Å². The van der Waals surface area contributed by atoms with Crippen molar-refractivity contribution in [3.63, 3.8) is 0 Å². The molecule has 0 atom stereocenters. The third kappa shape index (κ3) is 3.64. The molecule has 0 fully saturated rings. The highest BCUT2D eigenvalue weighted by atomic mass is 79.9. The van der Waals surface area contributed by atoms with Crippen molar-refractivity contribution in [1.82, 2.24) is 4.98 Å². The maximum absolute atomic E-state index is 11.2. The molecule has 0 saturated heterocycles. The summed E-state index contributed by atoms with van der Waals surface area (Å²) in [5, 5.41) is 0.639. The molecule has 5 heteroatoms. The Bertz CT molecular complexity index is 307. The standard InChI is InChI=1S/C9H10BrNO2.ClH/c1-2-13-9(12)8-5-3-4-7(6-10)11-8;/h3-5H,2,6H2,1H3;1H. The van der Waals surface area contributed by atoms with Crippen LogP contribution in [0.3, 0.4) is 0 Å². The van der Waals surface area contributed by atoms with Crippen molar-refractivity contribution in [3.8, 4) is 0 Å². The number of hydrogen-bond donors (Lipinski definition) is 0. The highest BCUT2D eigenvalue weighted by Gasteiger charge is 2.07. The average Bonchev–Trinajstić information content (AvgIpc) is 2.18. The van der Waals surface area contributed by atoms with Crippen LogP contribution in [-0.4, -0.2) is 17.6 Å². The molecule has 14 heavy (non-hydrogen) atoms. The summed E-state index contributed by atoms with van der Waals surface area (Å²) in [6.45, 7) is 2.14. The van der Waals surface area contributed by atoms with Gasteiger partial charge in [0.05, 0.1) is 12.3 Å². The van der Waals surface area contributed by atoms with E-state index in [4.69, 9.17) is 4.74 Å². The minimum atomic E-state index is -0.370. The van der Waals surface area contributed by atoms with E-state index in [0.717, 1.165) is 5.69 Å². The van der Waals surface area contributed by atoms with Crippen molar-refractivity contribution in [2.75, 3.05) is 6.61 Å². The molecule has 1 aromatic heterocycles. The molecule has 0 aliphatic carbocycles. The van der Waals surface area contributed by atoms with Gasteiger partial charge in [0.1, 0.15) is 5.69 Å². The van der Waals surface area contributed by atoms with Crippen molar-refractivity contribution in [3.05, 3.63) is 29.6 Å². The summed E-state index contributed by atoms with van der Waals surface area (Å²) in [7, 11) is 0. The number of halogens is 2. The molecule has 0 N–H and O–H groups in total. The fraction of sp³-hybridized carbons (Fsp3) is 0.333. The van der Waals surface area contributed by atoms with Crippen molar-refractivity contribution in [1.29, 1.82) is 0 Å². The first-order chi connectivity index (χ1) is 6.27. The molecule has 0 bridgehead atoms. The summed E-state index contributed by atoms with van der Waals surface area (Å²) >= 11 is 3.27. The van der Waals surface area contributed by atoms with E-state index in [1.165, 1.54) is 0 Å². The molecule has 0 aliphatic heterocycles. The van der Waals surface area contributed by atoms with E-state index in [-0.39, 0.29) is 18.4 Å². The van der Waals surface area contributed by atoms with Crippen LogP contribution in [0.1, 0.15) is 23.1 Å². The predicted molar refractivity (Wildman–Crippen MR) is 60.1 cm³/mol. The number of aromatic nitrogens is 1. The molecular formula is C9H11BrClNO2. The number of carbonyl (C=O) groups is 1. The largest absolute Gasteiger partial charge is 0.461 e. The molecule has 1 rings (SSSR count). The molecule has 0 unspecified atom stereocenters. The van der Waals surface area contributed by atoms with Crippen LogP contribution >= 0.6 is 28.3 Å². The van der Waals surface area contributed by atoms with Gasteiger partial charge in [-0.05, 0) is 19.1 Å². The Hall–Kier alpha value is -0.610. The van der Waals surface area contributed by atoms with Gasteiger partial charge in [0.2, 0.25) is 0 Å². The summed E-state index contributed by atoms with van der Waals surface area (Å²) < 4.78 is 4.81. The summed E-state index contributed by atoms with van der Waals surface area (Å²) in [6, 6.07) is 5.28. The lowest BCUT2D eigenvalue weighted by molar-refractivity contribution is 0.0519. The molecular weight excluding hydrogens is 269 g/mol. The van der Waals surface area contributed by atoms with E-state index in [1.54, 1.807) is 19.1 Å². The minimum Gasteiger partial charge on any atom is -0.461 e. The zero-order valence-corrected chi connectivity index (χ0v) is 10.1. The molecule has 0 amide bonds. The Morgan fingerprint density at radius 3 is 2.86 bits per heavy atom. The second-order valence-electron chi connectivity index (χ2n) is 2.37. The van der Waals surface area contributed by atoms with Gasteiger partial charge >= 0.3 is 5.97 Å². The van der Waals surface area contributed by atoms with Gasteiger partial charge < -0.3 is 4.74 Å². The lowest BCUT2D eigenvalue weighted by Crippen LogP contribution is -2.07. The quantitative estimate of drug-likeness (QED) is 0.631.